The molecule has 1 aliphatic rings. The van der Waals surface area contributed by atoms with Crippen LogP contribution in [-0.2, 0) is 4.79 Å². The Morgan fingerprint density at radius 2 is 2.00 bits per heavy atom. The molecule has 3 N–H and O–H groups in total. The number of hydrogen-bond donors (Lipinski definition) is 3. The lowest BCUT2D eigenvalue weighted by Gasteiger charge is -2.37. The Morgan fingerprint density at radius 3 is 2.61 bits per heavy atom. The standard InChI is InChI=1S/C23H30BrN5O4/c1-23(2,21(32)25-3)13-29(15-7-5-6-8-15)19-16(24)12-26-22(28-19)27-17-10-9-14(20(30)31)11-18(17)33-4/h9-12,15H,5-8,13H2,1-4H3,(H,25,32)(H,30,31)(H,26,27,28). The van der Waals surface area contributed by atoms with E-state index in [1.54, 1.807) is 19.3 Å². The highest BCUT2D eigenvalue weighted by molar-refractivity contribution is 9.10. The zero-order valence-electron chi connectivity index (χ0n) is 19.3. The molecule has 3 rings (SSSR count). The molecule has 178 valence electrons. The predicted octanol–water partition coefficient (Wildman–Crippen LogP) is 4.21. The van der Waals surface area contributed by atoms with Crippen molar-refractivity contribution in [2.45, 2.75) is 45.6 Å². The van der Waals surface area contributed by atoms with E-state index in [9.17, 15) is 14.7 Å². The number of halogens is 1. The Balaban J connectivity index is 1.95. The highest BCUT2D eigenvalue weighted by atomic mass is 79.9. The van der Waals surface area contributed by atoms with Crippen molar-refractivity contribution in [1.29, 1.82) is 0 Å². The number of aromatic nitrogens is 2. The van der Waals surface area contributed by atoms with E-state index < -0.39 is 11.4 Å². The van der Waals surface area contributed by atoms with Crippen LogP contribution in [0.3, 0.4) is 0 Å². The number of nitrogens with zero attached hydrogens (tertiary/aromatic N) is 3. The number of rotatable bonds is 9. The summed E-state index contributed by atoms with van der Waals surface area (Å²) in [5.74, 6) is 0.356. The highest BCUT2D eigenvalue weighted by Crippen LogP contribution is 2.36. The van der Waals surface area contributed by atoms with E-state index in [1.807, 2.05) is 13.8 Å². The summed E-state index contributed by atoms with van der Waals surface area (Å²) in [5.41, 5.74) is 0.0538. The van der Waals surface area contributed by atoms with Gasteiger partial charge in [-0.15, -0.1) is 0 Å². The van der Waals surface area contributed by atoms with Gasteiger partial charge in [0.25, 0.3) is 0 Å². The first-order valence-corrected chi connectivity index (χ1v) is 11.7. The van der Waals surface area contributed by atoms with Gasteiger partial charge in [0.15, 0.2) is 0 Å². The van der Waals surface area contributed by atoms with Crippen LogP contribution < -0.4 is 20.3 Å². The minimum atomic E-state index is -1.03. The van der Waals surface area contributed by atoms with Gasteiger partial charge in [-0.2, -0.15) is 4.98 Å². The quantitative estimate of drug-likeness (QED) is 0.450. The number of ether oxygens (including phenoxy) is 1. The lowest BCUT2D eigenvalue weighted by Crippen LogP contribution is -2.47. The molecule has 0 saturated heterocycles. The first-order chi connectivity index (χ1) is 15.7. The van der Waals surface area contributed by atoms with E-state index in [2.05, 4.69) is 36.4 Å². The van der Waals surface area contributed by atoms with E-state index in [-0.39, 0.29) is 17.5 Å². The summed E-state index contributed by atoms with van der Waals surface area (Å²) in [6, 6.07) is 4.83. The van der Waals surface area contributed by atoms with Crippen LogP contribution in [0.4, 0.5) is 17.5 Å². The third-order valence-electron chi connectivity index (χ3n) is 5.87. The Morgan fingerprint density at radius 1 is 1.30 bits per heavy atom. The van der Waals surface area contributed by atoms with Crippen molar-refractivity contribution in [1.82, 2.24) is 15.3 Å². The summed E-state index contributed by atoms with van der Waals surface area (Å²) >= 11 is 3.59. The van der Waals surface area contributed by atoms with Crippen molar-refractivity contribution in [3.8, 4) is 5.75 Å². The number of carbonyl (C=O) groups excluding carboxylic acids is 1. The van der Waals surface area contributed by atoms with Crippen molar-refractivity contribution < 1.29 is 19.4 Å². The van der Waals surface area contributed by atoms with E-state index in [1.165, 1.54) is 19.2 Å². The molecule has 0 spiro atoms. The zero-order chi connectivity index (χ0) is 24.2. The van der Waals surface area contributed by atoms with Gasteiger partial charge in [-0.25, -0.2) is 9.78 Å². The molecule has 1 aliphatic carbocycles. The number of nitrogens with one attached hydrogen (secondary N) is 2. The molecule has 1 fully saturated rings. The fourth-order valence-corrected chi connectivity index (χ4v) is 4.52. The molecule has 10 heteroatoms. The summed E-state index contributed by atoms with van der Waals surface area (Å²) in [4.78, 5) is 35.1. The second kappa shape index (κ2) is 10.4. The smallest absolute Gasteiger partial charge is 0.335 e. The molecule has 33 heavy (non-hydrogen) atoms. The molecule has 1 heterocycles. The molecule has 0 bridgehead atoms. The van der Waals surface area contributed by atoms with E-state index in [4.69, 9.17) is 9.72 Å². The second-order valence-electron chi connectivity index (χ2n) is 8.74. The summed E-state index contributed by atoms with van der Waals surface area (Å²) in [6.45, 7) is 4.36. The predicted molar refractivity (Wildman–Crippen MR) is 130 cm³/mol. The molecular weight excluding hydrogens is 490 g/mol. The van der Waals surface area contributed by atoms with Gasteiger partial charge in [-0.1, -0.05) is 12.8 Å². The van der Waals surface area contributed by atoms with Crippen molar-refractivity contribution in [3.05, 3.63) is 34.4 Å². The highest BCUT2D eigenvalue weighted by Gasteiger charge is 2.35. The number of anilines is 3. The zero-order valence-corrected chi connectivity index (χ0v) is 20.9. The van der Waals surface area contributed by atoms with Gasteiger partial charge in [-0.05, 0) is 60.8 Å². The summed E-state index contributed by atoms with van der Waals surface area (Å²) < 4.78 is 6.09. The van der Waals surface area contributed by atoms with Gasteiger partial charge < -0.3 is 25.4 Å². The molecule has 0 unspecified atom stereocenters. The van der Waals surface area contributed by atoms with Crippen LogP contribution >= 0.6 is 15.9 Å². The van der Waals surface area contributed by atoms with Crippen molar-refractivity contribution >= 4 is 45.3 Å². The van der Waals surface area contributed by atoms with Gasteiger partial charge in [0.1, 0.15) is 11.6 Å². The van der Waals surface area contributed by atoms with E-state index in [0.717, 1.165) is 30.2 Å². The SMILES string of the molecule is CNC(=O)C(C)(C)CN(c1nc(Nc2ccc(C(=O)O)cc2OC)ncc1Br)C1CCCC1. The minimum Gasteiger partial charge on any atom is -0.495 e. The normalized spacial score (nSPS) is 14.1. The minimum absolute atomic E-state index is 0.0303. The lowest BCUT2D eigenvalue weighted by atomic mass is 9.90. The third-order valence-corrected chi connectivity index (χ3v) is 6.42. The fourth-order valence-electron chi connectivity index (χ4n) is 4.10. The van der Waals surface area contributed by atoms with Crippen LogP contribution in [0.5, 0.6) is 5.75 Å². The molecule has 1 amide bonds. The van der Waals surface area contributed by atoms with E-state index in [0.29, 0.717) is 29.7 Å². The molecule has 1 saturated carbocycles. The monoisotopic (exact) mass is 519 g/mol. The molecule has 1 aromatic heterocycles. The molecule has 9 nitrogen and oxygen atoms in total. The van der Waals surface area contributed by atoms with Crippen molar-refractivity contribution in [3.63, 3.8) is 0 Å². The lowest BCUT2D eigenvalue weighted by molar-refractivity contribution is -0.128. The maximum absolute atomic E-state index is 12.5. The average Bonchev–Trinajstić information content (AvgIpc) is 3.33. The van der Waals surface area contributed by atoms with Crippen molar-refractivity contribution in [2.24, 2.45) is 5.41 Å². The summed E-state index contributed by atoms with van der Waals surface area (Å²) in [5, 5.41) is 15.1. The van der Waals surface area contributed by atoms with Gasteiger partial charge in [0, 0.05) is 25.8 Å². The Labute approximate surface area is 202 Å². The van der Waals surface area contributed by atoms with E-state index >= 15 is 0 Å². The number of aromatic carboxylic acids is 1. The maximum atomic E-state index is 12.5. The molecule has 1 aromatic carbocycles. The average molecular weight is 520 g/mol. The van der Waals surface area contributed by atoms with Gasteiger partial charge in [0.05, 0.1) is 28.2 Å². The molecular formula is C23H30BrN5O4. The number of carbonyl (C=O) groups is 2. The number of benzene rings is 1. The second-order valence-corrected chi connectivity index (χ2v) is 9.59. The number of amides is 1. The molecule has 0 atom stereocenters. The Kier molecular flexibility index (Phi) is 7.78. The first kappa shape index (κ1) is 24.8. The maximum Gasteiger partial charge on any atom is 0.335 e. The first-order valence-electron chi connectivity index (χ1n) is 10.9. The number of methoxy groups -OCH3 is 1. The molecule has 2 aromatic rings. The Bertz CT molecular complexity index is 1020. The van der Waals surface area contributed by atoms with Gasteiger partial charge >= 0.3 is 5.97 Å². The summed E-state index contributed by atoms with van der Waals surface area (Å²) in [6.07, 6.45) is 6.03. The van der Waals surface area contributed by atoms with Crippen LogP contribution in [-0.4, -0.2) is 53.7 Å². The summed E-state index contributed by atoms with van der Waals surface area (Å²) in [7, 11) is 3.12. The molecule has 0 radical (unpaired) electrons. The topological polar surface area (TPSA) is 117 Å². The number of carboxylic acids is 1. The van der Waals surface area contributed by atoms with Crippen LogP contribution in [0.15, 0.2) is 28.9 Å². The van der Waals surface area contributed by atoms with Crippen LogP contribution in [0.25, 0.3) is 0 Å². The van der Waals surface area contributed by atoms with Crippen LogP contribution in [0, 0.1) is 5.41 Å². The van der Waals surface area contributed by atoms with Gasteiger partial charge in [-0.3, -0.25) is 4.79 Å². The van der Waals surface area contributed by atoms with Crippen LogP contribution in [0.2, 0.25) is 0 Å². The number of carboxylic acid groups (broad SMARTS) is 1. The fraction of sp³-hybridized carbons (Fsp3) is 0.478. The largest absolute Gasteiger partial charge is 0.495 e. The number of hydrogen-bond acceptors (Lipinski definition) is 7. The Hall–Kier alpha value is -2.88. The third kappa shape index (κ3) is 5.73. The van der Waals surface area contributed by atoms with Gasteiger partial charge in [0.2, 0.25) is 11.9 Å². The molecule has 0 aliphatic heterocycles. The van der Waals surface area contributed by atoms with Crippen molar-refractivity contribution in [2.75, 3.05) is 30.9 Å². The van der Waals surface area contributed by atoms with Crippen LogP contribution in [0.1, 0.15) is 49.9 Å².